The lowest BCUT2D eigenvalue weighted by atomic mass is 10.2. The molecule has 0 radical (unpaired) electrons. The summed E-state index contributed by atoms with van der Waals surface area (Å²) in [5.74, 6) is -1.31. The highest BCUT2D eigenvalue weighted by atomic mass is 32.2. The molecule has 5 nitrogen and oxygen atoms in total. The van der Waals surface area contributed by atoms with Crippen LogP contribution in [0.25, 0.3) is 0 Å². The third kappa shape index (κ3) is 4.55. The van der Waals surface area contributed by atoms with Gasteiger partial charge in [0.05, 0.1) is 11.4 Å². The van der Waals surface area contributed by atoms with E-state index >= 15 is 0 Å². The first kappa shape index (κ1) is 15.5. The maximum Gasteiger partial charge on any atom is 0.324 e. The first-order valence-electron chi connectivity index (χ1n) is 6.01. The lowest BCUT2D eigenvalue weighted by molar-refractivity contribution is -0.135. The molecule has 0 aromatic heterocycles. The SMILES string of the molecule is Cc1ccc(N(CC(=O)O)S(=O)(=O)CC(C)C)cc1. The van der Waals surface area contributed by atoms with Crippen LogP contribution < -0.4 is 4.31 Å². The number of aryl methyl sites for hydroxylation is 1. The zero-order valence-electron chi connectivity index (χ0n) is 11.3. The third-order valence-corrected chi connectivity index (χ3v) is 4.58. The zero-order valence-corrected chi connectivity index (χ0v) is 12.1. The lowest BCUT2D eigenvalue weighted by Crippen LogP contribution is -2.38. The van der Waals surface area contributed by atoms with Crippen molar-refractivity contribution < 1.29 is 18.3 Å². The summed E-state index contributed by atoms with van der Waals surface area (Å²) >= 11 is 0. The first-order valence-corrected chi connectivity index (χ1v) is 7.62. The van der Waals surface area contributed by atoms with Crippen LogP contribution in [0.1, 0.15) is 19.4 Å². The summed E-state index contributed by atoms with van der Waals surface area (Å²) in [6.45, 7) is 4.89. The second-order valence-electron chi connectivity index (χ2n) is 4.91. The second kappa shape index (κ2) is 6.06. The van der Waals surface area contributed by atoms with Gasteiger partial charge in [0.15, 0.2) is 0 Å². The number of nitrogens with zero attached hydrogens (tertiary/aromatic N) is 1. The summed E-state index contributed by atoms with van der Waals surface area (Å²) < 4.78 is 25.4. The van der Waals surface area contributed by atoms with Gasteiger partial charge in [0.1, 0.15) is 6.54 Å². The van der Waals surface area contributed by atoms with Crippen LogP contribution in [0.15, 0.2) is 24.3 Å². The zero-order chi connectivity index (χ0) is 14.6. The maximum absolute atomic E-state index is 12.2. The molecule has 0 aliphatic carbocycles. The molecule has 0 unspecified atom stereocenters. The Kier molecular flexibility index (Phi) is 4.94. The highest BCUT2D eigenvalue weighted by molar-refractivity contribution is 7.92. The summed E-state index contributed by atoms with van der Waals surface area (Å²) in [7, 11) is -3.63. The molecule has 1 aromatic rings. The molecule has 106 valence electrons. The molecule has 0 saturated heterocycles. The molecule has 0 atom stereocenters. The molecule has 0 spiro atoms. The van der Waals surface area contributed by atoms with Crippen LogP contribution in [0, 0.1) is 12.8 Å². The van der Waals surface area contributed by atoms with Gasteiger partial charge in [-0.15, -0.1) is 0 Å². The van der Waals surface area contributed by atoms with Crippen LogP contribution in [0.5, 0.6) is 0 Å². The minimum Gasteiger partial charge on any atom is -0.480 e. The van der Waals surface area contributed by atoms with Crippen molar-refractivity contribution in [3.05, 3.63) is 29.8 Å². The molecular weight excluding hydrogens is 266 g/mol. The van der Waals surface area contributed by atoms with E-state index in [4.69, 9.17) is 5.11 Å². The van der Waals surface area contributed by atoms with Gasteiger partial charge in [-0.05, 0) is 25.0 Å². The van der Waals surface area contributed by atoms with Gasteiger partial charge >= 0.3 is 5.97 Å². The smallest absolute Gasteiger partial charge is 0.324 e. The molecule has 0 fully saturated rings. The number of sulfonamides is 1. The number of rotatable bonds is 6. The Labute approximate surface area is 113 Å². The van der Waals surface area contributed by atoms with Crippen LogP contribution >= 0.6 is 0 Å². The molecule has 0 amide bonds. The average Bonchev–Trinajstić information content (AvgIpc) is 2.25. The van der Waals surface area contributed by atoms with Crippen molar-refractivity contribution in [2.45, 2.75) is 20.8 Å². The Balaban J connectivity index is 3.14. The molecule has 0 bridgehead atoms. The number of carboxylic acid groups (broad SMARTS) is 1. The quantitative estimate of drug-likeness (QED) is 0.866. The Morgan fingerprint density at radius 2 is 1.79 bits per heavy atom. The van der Waals surface area contributed by atoms with Gasteiger partial charge in [0, 0.05) is 0 Å². The Morgan fingerprint density at radius 1 is 1.26 bits per heavy atom. The molecule has 6 heteroatoms. The summed E-state index contributed by atoms with van der Waals surface area (Å²) in [6, 6.07) is 6.76. The maximum atomic E-state index is 12.2. The van der Waals surface area contributed by atoms with Gasteiger partial charge in [-0.1, -0.05) is 31.5 Å². The molecule has 0 aliphatic rings. The summed E-state index contributed by atoms with van der Waals surface area (Å²) in [5.41, 5.74) is 1.37. The van der Waals surface area contributed by atoms with E-state index in [2.05, 4.69) is 0 Å². The van der Waals surface area contributed by atoms with Crippen molar-refractivity contribution in [3.8, 4) is 0 Å². The monoisotopic (exact) mass is 285 g/mol. The van der Waals surface area contributed by atoms with E-state index in [0.29, 0.717) is 5.69 Å². The largest absolute Gasteiger partial charge is 0.480 e. The molecule has 1 aromatic carbocycles. The van der Waals surface area contributed by atoms with Gasteiger partial charge in [-0.3, -0.25) is 9.10 Å². The topological polar surface area (TPSA) is 74.7 Å². The van der Waals surface area contributed by atoms with Gasteiger partial charge in [-0.2, -0.15) is 0 Å². The number of hydrogen-bond donors (Lipinski definition) is 1. The number of benzene rings is 1. The van der Waals surface area contributed by atoms with Gasteiger partial charge in [0.25, 0.3) is 0 Å². The number of carbonyl (C=O) groups is 1. The standard InChI is InChI=1S/C13H19NO4S/c1-10(2)9-19(17,18)14(8-13(15)16)12-6-4-11(3)5-7-12/h4-7,10H,8-9H2,1-3H3,(H,15,16). The summed E-state index contributed by atoms with van der Waals surface area (Å²) in [5, 5.41) is 8.89. The van der Waals surface area contributed by atoms with E-state index in [0.717, 1.165) is 9.87 Å². The molecule has 1 rings (SSSR count). The van der Waals surface area contributed by atoms with Crippen LogP contribution in [-0.4, -0.2) is 31.8 Å². The van der Waals surface area contributed by atoms with E-state index in [-0.39, 0.29) is 11.7 Å². The number of carboxylic acids is 1. The molecular formula is C13H19NO4S. The highest BCUT2D eigenvalue weighted by Crippen LogP contribution is 2.20. The highest BCUT2D eigenvalue weighted by Gasteiger charge is 2.25. The predicted octanol–water partition coefficient (Wildman–Crippen LogP) is 1.87. The van der Waals surface area contributed by atoms with Crippen LogP contribution in [0.4, 0.5) is 5.69 Å². The fraction of sp³-hybridized carbons (Fsp3) is 0.462. The van der Waals surface area contributed by atoms with Crippen molar-refractivity contribution in [2.24, 2.45) is 5.92 Å². The van der Waals surface area contributed by atoms with E-state index in [1.165, 1.54) is 0 Å². The summed E-state index contributed by atoms with van der Waals surface area (Å²) in [4.78, 5) is 10.9. The number of anilines is 1. The van der Waals surface area contributed by atoms with Gasteiger partial charge in [0.2, 0.25) is 10.0 Å². The average molecular weight is 285 g/mol. The Bertz CT molecular complexity index is 534. The minimum atomic E-state index is -3.63. The third-order valence-electron chi connectivity index (χ3n) is 2.48. The molecule has 0 aliphatic heterocycles. The second-order valence-corrected chi connectivity index (χ2v) is 6.85. The number of hydrogen-bond acceptors (Lipinski definition) is 3. The van der Waals surface area contributed by atoms with Crippen molar-refractivity contribution in [2.75, 3.05) is 16.6 Å². The number of aliphatic carboxylic acids is 1. The summed E-state index contributed by atoms with van der Waals surface area (Å²) in [6.07, 6.45) is 0. The molecule has 1 N–H and O–H groups in total. The minimum absolute atomic E-state index is 0.0632. The van der Waals surface area contributed by atoms with E-state index < -0.39 is 22.5 Å². The predicted molar refractivity (Wildman–Crippen MR) is 74.8 cm³/mol. The van der Waals surface area contributed by atoms with Crippen LogP contribution in [0.3, 0.4) is 0 Å². The lowest BCUT2D eigenvalue weighted by Gasteiger charge is -2.23. The van der Waals surface area contributed by atoms with Crippen LogP contribution in [-0.2, 0) is 14.8 Å². The fourth-order valence-corrected chi connectivity index (χ4v) is 3.47. The first-order chi connectivity index (χ1) is 8.72. The van der Waals surface area contributed by atoms with Crippen LogP contribution in [0.2, 0.25) is 0 Å². The molecule has 19 heavy (non-hydrogen) atoms. The fourth-order valence-electron chi connectivity index (χ4n) is 1.70. The van der Waals surface area contributed by atoms with E-state index in [1.807, 2.05) is 6.92 Å². The Hall–Kier alpha value is -1.56. The Morgan fingerprint density at radius 3 is 2.21 bits per heavy atom. The van der Waals surface area contributed by atoms with Crippen molar-refractivity contribution >= 4 is 21.7 Å². The molecule has 0 saturated carbocycles. The van der Waals surface area contributed by atoms with Crippen molar-refractivity contribution in [3.63, 3.8) is 0 Å². The van der Waals surface area contributed by atoms with Gasteiger partial charge in [-0.25, -0.2) is 8.42 Å². The van der Waals surface area contributed by atoms with E-state index in [1.54, 1.807) is 38.1 Å². The van der Waals surface area contributed by atoms with Gasteiger partial charge < -0.3 is 5.11 Å². The van der Waals surface area contributed by atoms with E-state index in [9.17, 15) is 13.2 Å². The van der Waals surface area contributed by atoms with Crippen molar-refractivity contribution in [1.82, 2.24) is 0 Å². The molecule has 0 heterocycles. The normalized spacial score (nSPS) is 11.6. The van der Waals surface area contributed by atoms with Crippen molar-refractivity contribution in [1.29, 1.82) is 0 Å².